The number of halogens is 1. The van der Waals surface area contributed by atoms with Gasteiger partial charge in [0.1, 0.15) is 12.4 Å². The number of nitrogens with zero attached hydrogens (tertiary/aromatic N) is 3. The minimum atomic E-state index is 0. The Kier molecular flexibility index (Phi) is 5.38. The van der Waals surface area contributed by atoms with Gasteiger partial charge in [0.05, 0.1) is 26.3 Å². The van der Waals surface area contributed by atoms with Gasteiger partial charge in [-0.2, -0.15) is 4.57 Å². The maximum Gasteiger partial charge on any atom is 0.415 e. The molecule has 96 valence electrons. The number of hydrogen-bond acceptors (Lipinski definition) is 2. The lowest BCUT2D eigenvalue weighted by atomic mass is 10.2. The fraction of sp³-hybridized carbons (Fsp3) is 0.636. The molecule has 1 saturated heterocycles. The molecule has 2 rings (SSSR count). The average Bonchev–Trinajstić information content (AvgIpc) is 2.75. The third-order valence-electron chi connectivity index (χ3n) is 2.85. The van der Waals surface area contributed by atoms with Gasteiger partial charge >= 0.3 is 6.03 Å². The van der Waals surface area contributed by atoms with Crippen molar-refractivity contribution in [2.45, 2.75) is 19.4 Å². The fourth-order valence-electron chi connectivity index (χ4n) is 1.87. The highest BCUT2D eigenvalue weighted by molar-refractivity contribution is 5.76. The van der Waals surface area contributed by atoms with Gasteiger partial charge in [-0.15, -0.1) is 0 Å². The molecule has 1 fully saturated rings. The van der Waals surface area contributed by atoms with Crippen molar-refractivity contribution in [2.24, 2.45) is 7.05 Å². The largest absolute Gasteiger partial charge is 1.00 e. The van der Waals surface area contributed by atoms with Crippen molar-refractivity contribution in [3.05, 3.63) is 18.7 Å². The van der Waals surface area contributed by atoms with Crippen LogP contribution < -0.4 is 28.5 Å². The number of imidazole rings is 1. The molecule has 0 aromatic carbocycles. The molecular weight excluding hydrogens is 333 g/mol. The third kappa shape index (κ3) is 3.41. The summed E-state index contributed by atoms with van der Waals surface area (Å²) in [6.45, 7) is 4.08. The molecular formula is C11H18IN3O2. The lowest BCUT2D eigenvalue weighted by Crippen LogP contribution is -3.00. The van der Waals surface area contributed by atoms with Crippen LogP contribution in [0.3, 0.4) is 0 Å². The van der Waals surface area contributed by atoms with E-state index in [-0.39, 0.29) is 36.1 Å². The lowest BCUT2D eigenvalue weighted by Gasteiger charge is -2.30. The fourth-order valence-corrected chi connectivity index (χ4v) is 1.87. The normalized spacial score (nSPS) is 19.9. The topological polar surface area (TPSA) is 38.4 Å². The number of aryl methyl sites for hydroxylation is 1. The molecule has 0 radical (unpaired) electrons. The SMILES string of the molecule is CCC1CN(C(=O)n2cc[n+](C)c2)CCO1.[I-]. The maximum absolute atomic E-state index is 12.1. The number of carbonyl (C=O) groups excluding carboxylic acids is 1. The summed E-state index contributed by atoms with van der Waals surface area (Å²) in [7, 11) is 1.90. The summed E-state index contributed by atoms with van der Waals surface area (Å²) in [5, 5.41) is 0. The first-order chi connectivity index (χ1) is 7.70. The van der Waals surface area contributed by atoms with E-state index in [0.717, 1.165) is 6.42 Å². The maximum atomic E-state index is 12.1. The molecule has 5 nitrogen and oxygen atoms in total. The van der Waals surface area contributed by atoms with Crippen molar-refractivity contribution in [2.75, 3.05) is 19.7 Å². The van der Waals surface area contributed by atoms with Crippen LogP contribution in [0.2, 0.25) is 0 Å². The second-order valence-electron chi connectivity index (χ2n) is 4.12. The molecule has 0 spiro atoms. The number of rotatable bonds is 1. The average molecular weight is 351 g/mol. The van der Waals surface area contributed by atoms with Gasteiger partial charge < -0.3 is 28.7 Å². The summed E-state index contributed by atoms with van der Waals surface area (Å²) in [5.74, 6) is 0. The van der Waals surface area contributed by atoms with Crippen molar-refractivity contribution < 1.29 is 38.1 Å². The van der Waals surface area contributed by atoms with Gasteiger partial charge in [0.2, 0.25) is 0 Å². The summed E-state index contributed by atoms with van der Waals surface area (Å²) in [6.07, 6.45) is 6.54. The van der Waals surface area contributed by atoms with Gasteiger partial charge in [0.25, 0.3) is 6.33 Å². The Labute approximate surface area is 118 Å². The number of amides is 1. The van der Waals surface area contributed by atoms with Crippen molar-refractivity contribution >= 4 is 6.03 Å². The van der Waals surface area contributed by atoms with Crippen LogP contribution in [-0.2, 0) is 11.8 Å². The molecule has 17 heavy (non-hydrogen) atoms. The van der Waals surface area contributed by atoms with E-state index in [9.17, 15) is 4.79 Å². The first-order valence-electron chi connectivity index (χ1n) is 5.65. The van der Waals surface area contributed by atoms with E-state index in [2.05, 4.69) is 6.92 Å². The van der Waals surface area contributed by atoms with Crippen molar-refractivity contribution in [3.63, 3.8) is 0 Å². The zero-order valence-electron chi connectivity index (χ0n) is 10.2. The van der Waals surface area contributed by atoms with Gasteiger partial charge in [0, 0.05) is 6.54 Å². The van der Waals surface area contributed by atoms with Gasteiger partial charge in [-0.1, -0.05) is 6.92 Å². The second-order valence-corrected chi connectivity index (χ2v) is 4.12. The van der Waals surface area contributed by atoms with Crippen molar-refractivity contribution in [1.29, 1.82) is 0 Å². The Hall–Kier alpha value is -0.630. The predicted octanol–water partition coefficient (Wildman–Crippen LogP) is -2.60. The van der Waals surface area contributed by atoms with Crippen LogP contribution >= 0.6 is 0 Å². The van der Waals surface area contributed by atoms with Crippen LogP contribution in [0.4, 0.5) is 4.79 Å². The molecule has 0 N–H and O–H groups in total. The molecule has 1 aromatic heterocycles. The first-order valence-corrected chi connectivity index (χ1v) is 5.65. The molecule has 0 saturated carbocycles. The number of aromatic nitrogens is 2. The molecule has 2 heterocycles. The molecule has 1 aliphatic heterocycles. The van der Waals surface area contributed by atoms with Gasteiger partial charge in [-0.25, -0.2) is 9.36 Å². The van der Waals surface area contributed by atoms with E-state index in [1.165, 1.54) is 0 Å². The lowest BCUT2D eigenvalue weighted by molar-refractivity contribution is -0.670. The highest BCUT2D eigenvalue weighted by atomic mass is 127. The Balaban J connectivity index is 0.00000144. The molecule has 1 unspecified atom stereocenters. The van der Waals surface area contributed by atoms with Crippen LogP contribution in [-0.4, -0.2) is 41.3 Å². The van der Waals surface area contributed by atoms with Crippen molar-refractivity contribution in [3.8, 4) is 0 Å². The van der Waals surface area contributed by atoms with Crippen LogP contribution in [0.1, 0.15) is 13.3 Å². The van der Waals surface area contributed by atoms with Crippen molar-refractivity contribution in [1.82, 2.24) is 9.47 Å². The number of morpholine rings is 1. The van der Waals surface area contributed by atoms with E-state index >= 15 is 0 Å². The van der Waals surface area contributed by atoms with Crippen LogP contribution in [0.25, 0.3) is 0 Å². The van der Waals surface area contributed by atoms with Gasteiger partial charge in [-0.3, -0.25) is 4.90 Å². The molecule has 1 aliphatic rings. The number of hydrogen-bond donors (Lipinski definition) is 0. The predicted molar refractivity (Wildman–Crippen MR) is 58.0 cm³/mol. The first kappa shape index (κ1) is 14.4. The molecule has 0 aliphatic carbocycles. The summed E-state index contributed by atoms with van der Waals surface area (Å²) in [5.41, 5.74) is 0. The summed E-state index contributed by atoms with van der Waals surface area (Å²) in [4.78, 5) is 13.9. The Morgan fingerprint density at radius 3 is 2.94 bits per heavy atom. The highest BCUT2D eigenvalue weighted by Gasteiger charge is 2.26. The van der Waals surface area contributed by atoms with Crippen LogP contribution in [0.5, 0.6) is 0 Å². The van der Waals surface area contributed by atoms with Crippen LogP contribution in [0, 0.1) is 0 Å². The van der Waals surface area contributed by atoms with E-state index in [1.807, 2.05) is 22.7 Å². The standard InChI is InChI=1S/C11H18N3O2.HI/c1-3-10-8-13(6-7-16-10)11(15)14-5-4-12(2)9-14;/h4-5,9-10H,3,6-8H2,1-2H3;1H/q+1;/p-1. The Morgan fingerprint density at radius 2 is 2.35 bits per heavy atom. The summed E-state index contributed by atoms with van der Waals surface area (Å²) >= 11 is 0. The monoisotopic (exact) mass is 351 g/mol. The summed E-state index contributed by atoms with van der Waals surface area (Å²) < 4.78 is 9.01. The van der Waals surface area contributed by atoms with E-state index < -0.39 is 0 Å². The molecule has 6 heteroatoms. The zero-order chi connectivity index (χ0) is 11.5. The minimum Gasteiger partial charge on any atom is -1.00 e. The Bertz CT molecular complexity index is 381. The highest BCUT2D eigenvalue weighted by Crippen LogP contribution is 2.09. The van der Waals surface area contributed by atoms with E-state index in [1.54, 1.807) is 17.1 Å². The minimum absolute atomic E-state index is 0. The van der Waals surface area contributed by atoms with Gasteiger partial charge in [-0.05, 0) is 6.42 Å². The van der Waals surface area contributed by atoms with E-state index in [0.29, 0.717) is 19.7 Å². The number of carbonyl (C=O) groups is 1. The number of ether oxygens (including phenoxy) is 1. The summed E-state index contributed by atoms with van der Waals surface area (Å²) in [6, 6.07) is 0.0300. The zero-order valence-corrected chi connectivity index (χ0v) is 12.3. The molecule has 1 amide bonds. The molecule has 0 bridgehead atoms. The Morgan fingerprint density at radius 1 is 1.59 bits per heavy atom. The van der Waals surface area contributed by atoms with Crippen LogP contribution in [0.15, 0.2) is 18.7 Å². The molecule has 1 aromatic rings. The quantitative estimate of drug-likeness (QED) is 0.411. The second kappa shape index (κ2) is 6.34. The van der Waals surface area contributed by atoms with E-state index in [4.69, 9.17) is 4.74 Å². The smallest absolute Gasteiger partial charge is 0.415 e. The van der Waals surface area contributed by atoms with Gasteiger partial charge in [0.15, 0.2) is 0 Å². The molecule has 1 atom stereocenters. The third-order valence-corrected chi connectivity index (χ3v) is 2.85.